The smallest absolute Gasteiger partial charge is 0.321 e. The minimum absolute atomic E-state index is 0.226. The molecule has 0 aromatic carbocycles. The molecule has 0 radical (unpaired) electrons. The third kappa shape index (κ3) is 4.31. The Morgan fingerprint density at radius 1 is 1.59 bits per heavy atom. The number of carbonyl (C=O) groups is 2. The Morgan fingerprint density at radius 3 is 2.68 bits per heavy atom. The zero-order valence-corrected chi connectivity index (χ0v) is 14.2. The second-order valence-corrected chi connectivity index (χ2v) is 6.63. The number of hydrogen-bond donors (Lipinski definition) is 1. The van der Waals surface area contributed by atoms with Crippen LogP contribution in [0.15, 0.2) is 36.0 Å². The number of carbonyl (C=O) groups excluding carboxylic acids is 2. The Labute approximate surface area is 136 Å². The molecule has 2 unspecified atom stereocenters. The summed E-state index contributed by atoms with van der Waals surface area (Å²) in [5.74, 6) is -1.10. The summed E-state index contributed by atoms with van der Waals surface area (Å²) in [5.41, 5.74) is -0.172. The fourth-order valence-electron chi connectivity index (χ4n) is 2.50. The number of halogens is 1. The monoisotopic (exact) mass is 326 g/mol. The van der Waals surface area contributed by atoms with Crippen LogP contribution < -0.4 is 0 Å². The molecule has 122 valence electrons. The van der Waals surface area contributed by atoms with E-state index in [1.54, 1.807) is 26.0 Å². The summed E-state index contributed by atoms with van der Waals surface area (Å²) in [5, 5.41) is 9.98. The largest absolute Gasteiger partial charge is 0.453 e. The van der Waals surface area contributed by atoms with E-state index >= 15 is 0 Å². The van der Waals surface area contributed by atoms with E-state index in [1.165, 1.54) is 6.08 Å². The highest BCUT2D eigenvalue weighted by atomic mass is 35.5. The average Bonchev–Trinajstić information content (AvgIpc) is 2.43. The van der Waals surface area contributed by atoms with Gasteiger partial charge in [0.2, 0.25) is 0 Å². The lowest BCUT2D eigenvalue weighted by Crippen LogP contribution is -2.39. The minimum Gasteiger partial charge on any atom is -0.453 e. The van der Waals surface area contributed by atoms with Crippen LogP contribution in [-0.4, -0.2) is 34.4 Å². The van der Waals surface area contributed by atoms with E-state index in [0.717, 1.165) is 5.57 Å². The Bertz CT molecular complexity index is 541. The lowest BCUT2D eigenvalue weighted by molar-refractivity contribution is -0.153. The number of ketones is 1. The molecule has 0 aromatic rings. The van der Waals surface area contributed by atoms with Crippen molar-refractivity contribution in [2.75, 3.05) is 5.88 Å². The van der Waals surface area contributed by atoms with Gasteiger partial charge in [0, 0.05) is 6.42 Å². The summed E-state index contributed by atoms with van der Waals surface area (Å²) in [7, 11) is 0. The lowest BCUT2D eigenvalue weighted by atomic mass is 9.70. The first-order valence-corrected chi connectivity index (χ1v) is 7.64. The van der Waals surface area contributed by atoms with E-state index in [9.17, 15) is 14.7 Å². The van der Waals surface area contributed by atoms with Gasteiger partial charge < -0.3 is 9.84 Å². The van der Waals surface area contributed by atoms with Crippen molar-refractivity contribution in [3.63, 3.8) is 0 Å². The van der Waals surface area contributed by atoms with Crippen LogP contribution in [0.25, 0.3) is 0 Å². The van der Waals surface area contributed by atoms with Crippen LogP contribution in [0.4, 0.5) is 0 Å². The number of esters is 1. The third-order valence-electron chi connectivity index (χ3n) is 3.87. The van der Waals surface area contributed by atoms with Gasteiger partial charge in [0.25, 0.3) is 0 Å². The maximum atomic E-state index is 12.4. The van der Waals surface area contributed by atoms with Crippen molar-refractivity contribution in [2.45, 2.75) is 45.8 Å². The van der Waals surface area contributed by atoms with Crippen molar-refractivity contribution in [1.82, 2.24) is 0 Å². The predicted molar refractivity (Wildman–Crippen MR) is 86.7 cm³/mol. The zero-order chi connectivity index (χ0) is 17.1. The van der Waals surface area contributed by atoms with Crippen molar-refractivity contribution in [2.24, 2.45) is 5.41 Å². The predicted octanol–water partition coefficient (Wildman–Crippen LogP) is 2.95. The molecule has 2 atom stereocenters. The van der Waals surface area contributed by atoms with Crippen molar-refractivity contribution in [3.05, 3.63) is 36.0 Å². The molecule has 0 aromatic heterocycles. The molecule has 22 heavy (non-hydrogen) atoms. The van der Waals surface area contributed by atoms with E-state index in [0.29, 0.717) is 12.0 Å². The molecule has 1 aliphatic rings. The number of ether oxygens (including phenoxy) is 1. The normalized spacial score (nSPS) is 24.3. The number of rotatable bonds is 5. The van der Waals surface area contributed by atoms with Gasteiger partial charge in [0.05, 0.1) is 5.60 Å². The van der Waals surface area contributed by atoms with E-state index in [2.05, 4.69) is 6.58 Å². The second-order valence-electron chi connectivity index (χ2n) is 6.37. The molecule has 0 saturated heterocycles. The highest BCUT2D eigenvalue weighted by Gasteiger charge is 2.39. The van der Waals surface area contributed by atoms with Gasteiger partial charge >= 0.3 is 5.97 Å². The summed E-state index contributed by atoms with van der Waals surface area (Å²) in [6.45, 7) is 10.8. The maximum Gasteiger partial charge on any atom is 0.321 e. The molecule has 4 nitrogen and oxygen atoms in total. The maximum absolute atomic E-state index is 12.4. The Morgan fingerprint density at radius 2 is 2.18 bits per heavy atom. The van der Waals surface area contributed by atoms with E-state index in [4.69, 9.17) is 16.3 Å². The average molecular weight is 327 g/mol. The van der Waals surface area contributed by atoms with Crippen LogP contribution in [0.1, 0.15) is 34.1 Å². The molecule has 1 aliphatic carbocycles. The first-order valence-electron chi connectivity index (χ1n) is 7.10. The number of aliphatic hydroxyl groups is 1. The third-order valence-corrected chi connectivity index (χ3v) is 4.09. The highest BCUT2D eigenvalue weighted by Crippen LogP contribution is 2.40. The van der Waals surface area contributed by atoms with Gasteiger partial charge in [-0.3, -0.25) is 9.59 Å². The van der Waals surface area contributed by atoms with E-state index < -0.39 is 17.7 Å². The number of Topliss-reactive ketones (excluding diaryl/α,β-unsaturated/α-hetero) is 1. The van der Waals surface area contributed by atoms with Crippen LogP contribution in [0.3, 0.4) is 0 Å². The van der Waals surface area contributed by atoms with Gasteiger partial charge in [-0.25, -0.2) is 0 Å². The molecule has 0 aliphatic heterocycles. The minimum atomic E-state index is -1.14. The molecule has 0 saturated carbocycles. The molecule has 0 bridgehead atoms. The van der Waals surface area contributed by atoms with Crippen LogP contribution >= 0.6 is 11.6 Å². The number of alkyl halides is 1. The fourth-order valence-corrected chi connectivity index (χ4v) is 2.57. The highest BCUT2D eigenvalue weighted by molar-refractivity contribution is 6.26. The Balaban J connectivity index is 3.15. The molecular weight excluding hydrogens is 304 g/mol. The SMILES string of the molecule is C=CC(C)(O)C=CC1=C(C)C(=O)C(OC(=O)CCl)CC1(C)C. The topological polar surface area (TPSA) is 63.6 Å². The van der Waals surface area contributed by atoms with Crippen molar-refractivity contribution in [1.29, 1.82) is 0 Å². The number of allylic oxidation sites excluding steroid dienone is 2. The van der Waals surface area contributed by atoms with Gasteiger partial charge in [-0.05, 0) is 36.5 Å². The summed E-state index contributed by atoms with van der Waals surface area (Å²) in [6.07, 6.45) is 4.33. The molecule has 0 amide bonds. The van der Waals surface area contributed by atoms with Crippen molar-refractivity contribution >= 4 is 23.4 Å². The summed E-state index contributed by atoms with van der Waals surface area (Å²) < 4.78 is 5.13. The van der Waals surface area contributed by atoms with E-state index in [1.807, 2.05) is 13.8 Å². The van der Waals surface area contributed by atoms with Crippen LogP contribution in [-0.2, 0) is 14.3 Å². The standard InChI is InChI=1S/C17H23ClO4/c1-6-17(5,21)8-7-12-11(2)15(20)13(9-16(12,3)4)22-14(19)10-18/h6-8,13,21H,1,9-10H2,2-5H3. The van der Waals surface area contributed by atoms with Gasteiger partial charge in [-0.15, -0.1) is 11.6 Å². The zero-order valence-electron chi connectivity index (χ0n) is 13.5. The lowest BCUT2D eigenvalue weighted by Gasteiger charge is -2.36. The first kappa shape index (κ1) is 18.7. The van der Waals surface area contributed by atoms with Gasteiger partial charge in [0.1, 0.15) is 5.88 Å². The Hall–Kier alpha value is -1.39. The fraction of sp³-hybridized carbons (Fsp3) is 0.529. The number of hydrogen-bond acceptors (Lipinski definition) is 4. The molecule has 0 heterocycles. The van der Waals surface area contributed by atoms with Gasteiger partial charge in [-0.1, -0.05) is 32.6 Å². The van der Waals surface area contributed by atoms with Crippen LogP contribution in [0.2, 0.25) is 0 Å². The van der Waals surface area contributed by atoms with Crippen LogP contribution in [0, 0.1) is 5.41 Å². The first-order chi connectivity index (χ1) is 10.0. The quantitative estimate of drug-likeness (QED) is 0.479. The summed E-state index contributed by atoms with van der Waals surface area (Å²) in [6, 6.07) is 0. The molecule has 0 spiro atoms. The van der Waals surface area contributed by atoms with Gasteiger partial charge in [0.15, 0.2) is 11.9 Å². The molecule has 0 fully saturated rings. The van der Waals surface area contributed by atoms with E-state index in [-0.39, 0.29) is 17.1 Å². The molecule has 5 heteroatoms. The van der Waals surface area contributed by atoms with Gasteiger partial charge in [-0.2, -0.15) is 0 Å². The molecular formula is C17H23ClO4. The Kier molecular flexibility index (Phi) is 5.76. The van der Waals surface area contributed by atoms with Crippen molar-refractivity contribution < 1.29 is 19.4 Å². The summed E-state index contributed by atoms with van der Waals surface area (Å²) in [4.78, 5) is 23.7. The second kappa shape index (κ2) is 6.80. The summed E-state index contributed by atoms with van der Waals surface area (Å²) >= 11 is 5.42. The van der Waals surface area contributed by atoms with Crippen molar-refractivity contribution in [3.8, 4) is 0 Å². The van der Waals surface area contributed by atoms with Crippen LogP contribution in [0.5, 0.6) is 0 Å². The molecule has 1 N–H and O–H groups in total. The molecule has 1 rings (SSSR count).